The number of carbonyl (C=O) groups excluding carboxylic acids is 1. The van der Waals surface area contributed by atoms with Crippen LogP contribution in [0.1, 0.15) is 31.0 Å². The van der Waals surface area contributed by atoms with Crippen LogP contribution < -0.4 is 14.9 Å². The van der Waals surface area contributed by atoms with E-state index in [-0.39, 0.29) is 12.2 Å². The number of hydrogen-bond donors (Lipinski definition) is 0. The number of ether oxygens (including phenoxy) is 1. The molecule has 1 atom stereocenters. The monoisotopic (exact) mass is 464 g/mol. The molecule has 0 aliphatic carbocycles. The zero-order valence-corrected chi connectivity index (χ0v) is 19.2. The molecule has 0 bridgehead atoms. The quantitative estimate of drug-likeness (QED) is 0.534. The first-order valence-corrected chi connectivity index (χ1v) is 11.4. The Morgan fingerprint density at radius 2 is 1.88 bits per heavy atom. The maximum absolute atomic E-state index is 13.4. The molecule has 0 spiro atoms. The van der Waals surface area contributed by atoms with Gasteiger partial charge in [-0.05, 0) is 43.2 Å². The molecular weight excluding hydrogens is 444 g/mol. The fraction of sp³-hybridized carbons (Fsp3) is 0.160. The van der Waals surface area contributed by atoms with Gasteiger partial charge in [0.2, 0.25) is 0 Å². The largest absolute Gasteiger partial charge is 0.463 e. The minimum Gasteiger partial charge on any atom is -0.463 e. The van der Waals surface area contributed by atoms with E-state index in [1.807, 2.05) is 60.7 Å². The number of rotatable bonds is 5. The summed E-state index contributed by atoms with van der Waals surface area (Å²) < 4.78 is 7.37. The lowest BCUT2D eigenvalue weighted by Gasteiger charge is -2.21. The van der Waals surface area contributed by atoms with Gasteiger partial charge < -0.3 is 4.74 Å². The molecule has 32 heavy (non-hydrogen) atoms. The Balaban J connectivity index is 1.87. The van der Waals surface area contributed by atoms with Gasteiger partial charge in [-0.2, -0.15) is 0 Å². The number of thiazole rings is 1. The van der Waals surface area contributed by atoms with Gasteiger partial charge >= 0.3 is 5.97 Å². The van der Waals surface area contributed by atoms with Crippen molar-refractivity contribution in [1.29, 1.82) is 0 Å². The number of nitrogens with zero attached hydrogens (tertiary/aromatic N) is 2. The highest BCUT2D eigenvalue weighted by Gasteiger charge is 2.30. The summed E-state index contributed by atoms with van der Waals surface area (Å²) in [7, 11) is 0. The normalized spacial score (nSPS) is 16.2. The van der Waals surface area contributed by atoms with Gasteiger partial charge in [0.05, 0.1) is 28.5 Å². The zero-order chi connectivity index (χ0) is 22.7. The Morgan fingerprint density at radius 3 is 2.56 bits per heavy atom. The van der Waals surface area contributed by atoms with Gasteiger partial charge in [0.1, 0.15) is 0 Å². The first kappa shape index (κ1) is 22.0. The molecule has 162 valence electrons. The predicted molar refractivity (Wildman–Crippen MR) is 128 cm³/mol. The number of fused-ring (bicyclic) bond motifs is 1. The second kappa shape index (κ2) is 9.51. The maximum atomic E-state index is 13.4. The van der Waals surface area contributed by atoms with E-state index in [0.29, 0.717) is 25.6 Å². The Labute approximate surface area is 194 Å². The first-order chi connectivity index (χ1) is 15.5. The molecule has 0 saturated heterocycles. The van der Waals surface area contributed by atoms with Crippen LogP contribution in [0.4, 0.5) is 0 Å². The molecule has 1 aliphatic rings. The highest BCUT2D eigenvalue weighted by molar-refractivity contribution is 7.07. The lowest BCUT2D eigenvalue weighted by atomic mass is 10.0. The van der Waals surface area contributed by atoms with E-state index < -0.39 is 12.0 Å². The molecule has 5 nitrogen and oxygen atoms in total. The third kappa shape index (κ3) is 4.52. The van der Waals surface area contributed by atoms with E-state index in [4.69, 9.17) is 16.3 Å². The Morgan fingerprint density at radius 1 is 1.16 bits per heavy atom. The van der Waals surface area contributed by atoms with Crippen molar-refractivity contribution in [3.8, 4) is 0 Å². The second-order valence-electron chi connectivity index (χ2n) is 7.17. The lowest BCUT2D eigenvalue weighted by molar-refractivity contribution is -0.139. The number of carbonyl (C=O) groups is 1. The number of halogens is 1. The second-order valence-corrected chi connectivity index (χ2v) is 8.61. The van der Waals surface area contributed by atoms with Gasteiger partial charge in [0.15, 0.2) is 4.80 Å². The van der Waals surface area contributed by atoms with Crippen molar-refractivity contribution in [3.05, 3.63) is 108 Å². The van der Waals surface area contributed by atoms with E-state index in [9.17, 15) is 9.59 Å². The molecule has 0 fully saturated rings. The highest BCUT2D eigenvalue weighted by atomic mass is 35.5. The number of benzene rings is 2. The third-order valence-electron chi connectivity index (χ3n) is 5.00. The summed E-state index contributed by atoms with van der Waals surface area (Å²) in [6.07, 6.45) is 5.56. The summed E-state index contributed by atoms with van der Waals surface area (Å²) in [4.78, 5) is 31.3. The molecule has 4 rings (SSSR count). The summed E-state index contributed by atoms with van der Waals surface area (Å²) in [6, 6.07) is 16.4. The Hall–Kier alpha value is -3.22. The average Bonchev–Trinajstić information content (AvgIpc) is 3.09. The van der Waals surface area contributed by atoms with Crippen molar-refractivity contribution < 1.29 is 9.53 Å². The van der Waals surface area contributed by atoms with Crippen LogP contribution in [0.5, 0.6) is 0 Å². The minimum atomic E-state index is -0.613. The van der Waals surface area contributed by atoms with Gasteiger partial charge in [-0.15, -0.1) is 0 Å². The van der Waals surface area contributed by atoms with Crippen LogP contribution >= 0.6 is 22.9 Å². The molecular formula is C25H21ClN2O3S. The van der Waals surface area contributed by atoms with Crippen molar-refractivity contribution >= 4 is 41.1 Å². The van der Waals surface area contributed by atoms with Crippen LogP contribution in [-0.2, 0) is 9.53 Å². The maximum Gasteiger partial charge on any atom is 0.338 e. The zero-order valence-electron chi connectivity index (χ0n) is 17.6. The van der Waals surface area contributed by atoms with Crippen molar-refractivity contribution in [2.75, 3.05) is 6.61 Å². The fourth-order valence-electron chi connectivity index (χ4n) is 3.49. The molecule has 0 amide bonds. The van der Waals surface area contributed by atoms with E-state index >= 15 is 0 Å². The van der Waals surface area contributed by atoms with Crippen LogP contribution in [0.2, 0.25) is 5.02 Å². The summed E-state index contributed by atoms with van der Waals surface area (Å²) >= 11 is 7.26. The number of aromatic nitrogens is 1. The Kier molecular flexibility index (Phi) is 6.53. The van der Waals surface area contributed by atoms with Crippen molar-refractivity contribution in [2.24, 2.45) is 4.99 Å². The third-order valence-corrected chi connectivity index (χ3v) is 6.23. The molecule has 1 aromatic heterocycles. The number of hydrogen-bond acceptors (Lipinski definition) is 5. The molecule has 1 aliphatic heterocycles. The standard InChI is InChI=1S/C25H21ClN2O3S/c1-3-31-24(30)22-16(2)27-25-28(20(22)14-11-17-7-5-4-6-8-17)23(29)21(32-25)15-18-9-12-19(26)13-10-18/h4-15,20H,3H2,1-2H3/b14-11+,21-15?/t20-/m0/s1. The van der Waals surface area contributed by atoms with E-state index in [1.165, 1.54) is 11.3 Å². The molecule has 7 heteroatoms. The molecule has 0 unspecified atom stereocenters. The topological polar surface area (TPSA) is 60.7 Å². The van der Waals surface area contributed by atoms with Crippen molar-refractivity contribution in [2.45, 2.75) is 19.9 Å². The molecule has 0 saturated carbocycles. The number of esters is 1. The van der Waals surface area contributed by atoms with Crippen molar-refractivity contribution in [1.82, 2.24) is 4.57 Å². The summed E-state index contributed by atoms with van der Waals surface area (Å²) in [5, 5.41) is 0.629. The van der Waals surface area contributed by atoms with E-state index in [2.05, 4.69) is 4.99 Å². The first-order valence-electron chi connectivity index (χ1n) is 10.2. The molecule has 2 heterocycles. The lowest BCUT2D eigenvalue weighted by Crippen LogP contribution is -2.38. The van der Waals surface area contributed by atoms with Gasteiger partial charge in [0.25, 0.3) is 5.56 Å². The smallest absolute Gasteiger partial charge is 0.338 e. The van der Waals surface area contributed by atoms with Crippen molar-refractivity contribution in [3.63, 3.8) is 0 Å². The van der Waals surface area contributed by atoms with Gasteiger partial charge in [0, 0.05) is 5.02 Å². The Bertz CT molecular complexity index is 1380. The summed E-state index contributed by atoms with van der Waals surface area (Å²) in [5.74, 6) is -0.469. The minimum absolute atomic E-state index is 0.208. The van der Waals surface area contributed by atoms with Crippen LogP contribution in [0.15, 0.2) is 81.7 Å². The van der Waals surface area contributed by atoms with Crippen LogP contribution in [-0.4, -0.2) is 17.1 Å². The SMILES string of the molecule is CCOC(=O)C1=C(C)N=c2sc(=Cc3ccc(Cl)cc3)c(=O)n2[C@H]1/C=C/c1ccccc1. The van der Waals surface area contributed by atoms with Crippen LogP contribution in [0.25, 0.3) is 12.2 Å². The van der Waals surface area contributed by atoms with Gasteiger partial charge in [-0.3, -0.25) is 9.36 Å². The predicted octanol–water partition coefficient (Wildman–Crippen LogP) is 4.12. The van der Waals surface area contributed by atoms with Crippen LogP contribution in [0.3, 0.4) is 0 Å². The fourth-order valence-corrected chi connectivity index (χ4v) is 4.67. The summed E-state index contributed by atoms with van der Waals surface area (Å²) in [6.45, 7) is 3.77. The molecule has 0 N–H and O–H groups in total. The molecule has 0 radical (unpaired) electrons. The van der Waals surface area contributed by atoms with E-state index in [1.54, 1.807) is 30.5 Å². The van der Waals surface area contributed by atoms with Gasteiger partial charge in [-0.25, -0.2) is 9.79 Å². The number of allylic oxidation sites excluding steroid dienone is 2. The highest BCUT2D eigenvalue weighted by Crippen LogP contribution is 2.26. The van der Waals surface area contributed by atoms with Crippen LogP contribution in [0, 0.1) is 0 Å². The summed E-state index contributed by atoms with van der Waals surface area (Å²) in [5.41, 5.74) is 2.53. The van der Waals surface area contributed by atoms with E-state index in [0.717, 1.165) is 11.1 Å². The molecule has 2 aromatic carbocycles. The molecule has 3 aromatic rings. The van der Waals surface area contributed by atoms with Gasteiger partial charge in [-0.1, -0.05) is 77.6 Å². The average molecular weight is 465 g/mol.